The van der Waals surface area contributed by atoms with Crippen LogP contribution in [0, 0.1) is 11.7 Å². The Labute approximate surface area is 181 Å². The first-order chi connectivity index (χ1) is 15.0. The van der Waals surface area contributed by atoms with Crippen molar-refractivity contribution < 1.29 is 28.2 Å². The molecule has 2 aromatic rings. The van der Waals surface area contributed by atoms with E-state index >= 15 is 0 Å². The van der Waals surface area contributed by atoms with Crippen molar-refractivity contribution in [1.29, 1.82) is 0 Å². The number of carbonyl (C=O) groups excluding carboxylic acids is 2. The number of benzene rings is 2. The molecule has 166 valence electrons. The van der Waals surface area contributed by atoms with Crippen LogP contribution in [-0.2, 0) is 16.1 Å². The largest absolute Gasteiger partial charge is 0.493 e. The van der Waals surface area contributed by atoms with Gasteiger partial charge in [0.1, 0.15) is 5.82 Å². The van der Waals surface area contributed by atoms with Gasteiger partial charge in [-0.15, -0.1) is 0 Å². The quantitative estimate of drug-likeness (QED) is 0.678. The van der Waals surface area contributed by atoms with Crippen LogP contribution in [0.3, 0.4) is 0 Å². The van der Waals surface area contributed by atoms with E-state index in [0.717, 1.165) is 0 Å². The summed E-state index contributed by atoms with van der Waals surface area (Å²) < 4.78 is 29.3. The van der Waals surface area contributed by atoms with Gasteiger partial charge in [0.05, 0.1) is 32.6 Å². The van der Waals surface area contributed by atoms with Crippen molar-refractivity contribution in [3.05, 3.63) is 53.3 Å². The minimum absolute atomic E-state index is 0.178. The van der Waals surface area contributed by atoms with Gasteiger partial charge in [-0.3, -0.25) is 9.69 Å². The lowest BCUT2D eigenvalue weighted by atomic mass is 9.95. The molecule has 1 aliphatic heterocycles. The summed E-state index contributed by atoms with van der Waals surface area (Å²) >= 11 is 0. The lowest BCUT2D eigenvalue weighted by molar-refractivity contribution is -0.121. The SMILES string of the molecule is COC(=O)c1cc(OC)c(OC)cc1NC(=O)C1CCN(Cc2ccccc2F)CC1. The van der Waals surface area contributed by atoms with Crippen LogP contribution in [0.4, 0.5) is 10.1 Å². The van der Waals surface area contributed by atoms with Gasteiger partial charge in [0, 0.05) is 30.2 Å². The summed E-state index contributed by atoms with van der Waals surface area (Å²) in [6, 6.07) is 9.76. The summed E-state index contributed by atoms with van der Waals surface area (Å²) in [5.41, 5.74) is 1.15. The van der Waals surface area contributed by atoms with E-state index in [1.165, 1.54) is 33.5 Å². The van der Waals surface area contributed by atoms with Crippen molar-refractivity contribution in [3.63, 3.8) is 0 Å². The standard InChI is InChI=1S/C23H27FN2O5/c1-29-20-12-17(23(28)31-3)19(13-21(20)30-2)25-22(27)15-8-10-26(11-9-15)14-16-6-4-5-7-18(16)24/h4-7,12-13,15H,8-11,14H2,1-3H3,(H,25,27). The molecular weight excluding hydrogens is 403 g/mol. The molecule has 1 N–H and O–H groups in total. The molecule has 0 saturated carbocycles. The van der Waals surface area contributed by atoms with Gasteiger partial charge in [-0.1, -0.05) is 18.2 Å². The second-order valence-corrected chi connectivity index (χ2v) is 7.38. The van der Waals surface area contributed by atoms with Gasteiger partial charge in [-0.25, -0.2) is 9.18 Å². The van der Waals surface area contributed by atoms with Gasteiger partial charge in [-0.05, 0) is 32.0 Å². The Morgan fingerprint density at radius 1 is 1.06 bits per heavy atom. The van der Waals surface area contributed by atoms with E-state index in [9.17, 15) is 14.0 Å². The van der Waals surface area contributed by atoms with E-state index in [4.69, 9.17) is 14.2 Å². The van der Waals surface area contributed by atoms with E-state index in [0.29, 0.717) is 55.2 Å². The number of halogens is 1. The Bertz CT molecular complexity index is 942. The number of rotatable bonds is 7. The van der Waals surface area contributed by atoms with Gasteiger partial charge in [-0.2, -0.15) is 0 Å². The Hall–Kier alpha value is -3.13. The zero-order chi connectivity index (χ0) is 22.4. The predicted octanol–water partition coefficient (Wildman–Crippen LogP) is 3.48. The Balaban J connectivity index is 1.67. The van der Waals surface area contributed by atoms with E-state index in [2.05, 4.69) is 10.2 Å². The summed E-state index contributed by atoms with van der Waals surface area (Å²) in [6.07, 6.45) is 1.28. The smallest absolute Gasteiger partial charge is 0.340 e. The van der Waals surface area contributed by atoms with E-state index in [-0.39, 0.29) is 23.2 Å². The van der Waals surface area contributed by atoms with Crippen LogP contribution in [0.25, 0.3) is 0 Å². The summed E-state index contributed by atoms with van der Waals surface area (Å²) in [5.74, 6) is -0.437. The number of methoxy groups -OCH3 is 3. The van der Waals surface area contributed by atoms with Crippen molar-refractivity contribution in [2.24, 2.45) is 5.92 Å². The molecule has 1 saturated heterocycles. The van der Waals surface area contributed by atoms with Gasteiger partial charge < -0.3 is 19.5 Å². The van der Waals surface area contributed by atoms with Crippen molar-refractivity contribution in [2.45, 2.75) is 19.4 Å². The number of likely N-dealkylation sites (tertiary alicyclic amines) is 1. The van der Waals surface area contributed by atoms with Gasteiger partial charge in [0.2, 0.25) is 5.91 Å². The molecule has 0 unspecified atom stereocenters. The number of amides is 1. The predicted molar refractivity (Wildman–Crippen MR) is 114 cm³/mol. The monoisotopic (exact) mass is 430 g/mol. The number of anilines is 1. The van der Waals surface area contributed by atoms with Crippen LogP contribution in [0.2, 0.25) is 0 Å². The van der Waals surface area contributed by atoms with E-state index in [1.54, 1.807) is 18.2 Å². The first-order valence-corrected chi connectivity index (χ1v) is 10.1. The number of nitrogens with one attached hydrogen (secondary N) is 1. The molecule has 7 nitrogen and oxygen atoms in total. The highest BCUT2D eigenvalue weighted by Gasteiger charge is 2.27. The van der Waals surface area contributed by atoms with Crippen LogP contribution >= 0.6 is 0 Å². The average Bonchev–Trinajstić information content (AvgIpc) is 2.80. The second-order valence-electron chi connectivity index (χ2n) is 7.38. The molecule has 3 rings (SSSR count). The zero-order valence-electron chi connectivity index (χ0n) is 17.9. The highest BCUT2D eigenvalue weighted by molar-refractivity contribution is 6.02. The van der Waals surface area contributed by atoms with Gasteiger partial charge in [0.25, 0.3) is 0 Å². The fourth-order valence-electron chi connectivity index (χ4n) is 3.72. The maximum absolute atomic E-state index is 13.9. The Kier molecular flexibility index (Phi) is 7.46. The molecule has 1 aliphatic rings. The zero-order valence-corrected chi connectivity index (χ0v) is 17.9. The fourth-order valence-corrected chi connectivity index (χ4v) is 3.72. The number of hydrogen-bond acceptors (Lipinski definition) is 6. The molecule has 0 atom stereocenters. The molecule has 2 aromatic carbocycles. The molecule has 8 heteroatoms. The third-order valence-corrected chi connectivity index (χ3v) is 5.50. The molecule has 0 bridgehead atoms. The van der Waals surface area contributed by atoms with E-state index < -0.39 is 5.97 Å². The van der Waals surface area contributed by atoms with Crippen molar-refractivity contribution in [2.75, 3.05) is 39.7 Å². The summed E-state index contributed by atoms with van der Waals surface area (Å²) in [7, 11) is 4.22. The number of esters is 1. The molecule has 31 heavy (non-hydrogen) atoms. The minimum Gasteiger partial charge on any atom is -0.493 e. The summed E-state index contributed by atoms with van der Waals surface area (Å²) in [5, 5.41) is 2.84. The molecule has 0 aromatic heterocycles. The lowest BCUT2D eigenvalue weighted by Gasteiger charge is -2.31. The van der Waals surface area contributed by atoms with E-state index in [1.807, 2.05) is 6.07 Å². The fraction of sp³-hybridized carbons (Fsp3) is 0.391. The third kappa shape index (κ3) is 5.32. The summed E-state index contributed by atoms with van der Waals surface area (Å²) in [6.45, 7) is 1.88. The lowest BCUT2D eigenvalue weighted by Crippen LogP contribution is -2.38. The molecular formula is C23H27FN2O5. The third-order valence-electron chi connectivity index (χ3n) is 5.50. The maximum atomic E-state index is 13.9. The number of carbonyl (C=O) groups is 2. The average molecular weight is 430 g/mol. The number of hydrogen-bond donors (Lipinski definition) is 1. The molecule has 1 heterocycles. The van der Waals surface area contributed by atoms with Gasteiger partial charge >= 0.3 is 5.97 Å². The number of nitrogens with zero attached hydrogens (tertiary/aromatic N) is 1. The first-order valence-electron chi connectivity index (χ1n) is 10.1. The first kappa shape index (κ1) is 22.6. The molecule has 1 amide bonds. The number of ether oxygens (including phenoxy) is 3. The van der Waals surface area contributed by atoms with Crippen LogP contribution in [0.5, 0.6) is 11.5 Å². The molecule has 1 fully saturated rings. The van der Waals surface area contributed by atoms with Crippen LogP contribution in [0.15, 0.2) is 36.4 Å². The molecule has 0 radical (unpaired) electrons. The number of piperidine rings is 1. The van der Waals surface area contributed by atoms with Crippen LogP contribution in [-0.4, -0.2) is 51.2 Å². The highest BCUT2D eigenvalue weighted by atomic mass is 19.1. The van der Waals surface area contributed by atoms with Crippen LogP contribution in [0.1, 0.15) is 28.8 Å². The normalized spacial score (nSPS) is 14.7. The maximum Gasteiger partial charge on any atom is 0.340 e. The second kappa shape index (κ2) is 10.3. The van der Waals surface area contributed by atoms with Crippen molar-refractivity contribution >= 4 is 17.6 Å². The molecule has 0 spiro atoms. The highest BCUT2D eigenvalue weighted by Crippen LogP contribution is 2.34. The Morgan fingerprint density at radius 2 is 1.71 bits per heavy atom. The Morgan fingerprint density at radius 3 is 2.32 bits per heavy atom. The van der Waals surface area contributed by atoms with Crippen LogP contribution < -0.4 is 14.8 Å². The topological polar surface area (TPSA) is 77.1 Å². The van der Waals surface area contributed by atoms with Crippen molar-refractivity contribution in [1.82, 2.24) is 4.90 Å². The summed E-state index contributed by atoms with van der Waals surface area (Å²) in [4.78, 5) is 27.2. The molecule has 0 aliphatic carbocycles. The minimum atomic E-state index is -0.587. The van der Waals surface area contributed by atoms with Crippen molar-refractivity contribution in [3.8, 4) is 11.5 Å². The van der Waals surface area contributed by atoms with Gasteiger partial charge in [0.15, 0.2) is 11.5 Å².